The third kappa shape index (κ3) is 17.5. The van der Waals surface area contributed by atoms with E-state index >= 15 is 0 Å². The maximum Gasteiger partial charge on any atom is 0.335 e. The summed E-state index contributed by atoms with van der Waals surface area (Å²) in [6.07, 6.45) is -4.53. The lowest BCUT2D eigenvalue weighted by Gasteiger charge is -2.35. The third-order valence-corrected chi connectivity index (χ3v) is 12.4. The number of aliphatic hydroxyl groups excluding tert-OH is 2. The average molecular weight is 1120 g/mol. The van der Waals surface area contributed by atoms with Gasteiger partial charge in [-0.05, 0) is 24.3 Å². The number of nitrogens with zero attached hydrogens (tertiary/aromatic N) is 8. The minimum Gasteiger partial charge on any atom is -0.493 e. The topological polar surface area (TPSA) is 433 Å². The van der Waals surface area contributed by atoms with Gasteiger partial charge in [0.25, 0.3) is 23.2 Å². The van der Waals surface area contributed by atoms with Gasteiger partial charge in [0.1, 0.15) is 0 Å². The first kappa shape index (κ1) is 63.6. The van der Waals surface area contributed by atoms with Crippen LogP contribution in [0.1, 0.15) is 43.0 Å². The Morgan fingerprint density at radius 1 is 0.487 bits per heavy atom. The zero-order valence-corrected chi connectivity index (χ0v) is 44.8. The molecule has 2 unspecified atom stereocenters. The quantitative estimate of drug-likeness (QED) is 0.0245. The summed E-state index contributed by atoms with van der Waals surface area (Å²) in [5, 5.41) is 55.8. The van der Waals surface area contributed by atoms with Crippen molar-refractivity contribution in [3.05, 3.63) is 114 Å². The number of aliphatic carboxylic acids is 2. The number of nitro benzene ring substituents is 2. The highest BCUT2D eigenvalue weighted by Gasteiger charge is 2.30. The van der Waals surface area contributed by atoms with Gasteiger partial charge >= 0.3 is 11.9 Å². The second kappa shape index (κ2) is 30.3. The van der Waals surface area contributed by atoms with Gasteiger partial charge in [0.2, 0.25) is 11.5 Å². The normalized spacial score (nSPS) is 14.4. The van der Waals surface area contributed by atoms with Crippen LogP contribution < -0.4 is 51.4 Å². The molecule has 2 heterocycles. The monoisotopic (exact) mass is 1120 g/mol. The SMILES string of the molecule is COc1ccc(CN2CCN(Cc3ccc(C(=O)N=C(N)N)cc3[N+](=O)[O-])CC2)c(OC)c1OC.COc1ccc(CN2CCN(Cc3ccc(C(=O)N=C(N)N)cc3[N+](=O)[O-])CC2)c(OC)c1OC.O=C(O)C(O)C(O)C(=O)O. The molecule has 0 bridgehead atoms. The Morgan fingerprint density at radius 3 is 1.00 bits per heavy atom. The van der Waals surface area contributed by atoms with Gasteiger partial charge in [0.05, 0.1) is 52.5 Å². The number of carboxylic acid groups (broad SMARTS) is 2. The molecule has 0 aromatic heterocycles. The van der Waals surface area contributed by atoms with Crippen LogP contribution in [0, 0.1) is 20.2 Å². The van der Waals surface area contributed by atoms with Crippen LogP contribution in [-0.4, -0.2) is 193 Å². The third-order valence-electron chi connectivity index (χ3n) is 12.4. The maximum atomic E-state index is 12.0. The number of hydrogen-bond donors (Lipinski definition) is 8. The number of amides is 2. The Morgan fingerprint density at radius 2 is 0.762 bits per heavy atom. The highest BCUT2D eigenvalue weighted by molar-refractivity contribution is 6.03. The second-order valence-electron chi connectivity index (χ2n) is 17.5. The Kier molecular flexibility index (Phi) is 24.1. The minimum atomic E-state index is -2.27. The van der Waals surface area contributed by atoms with Crippen molar-refractivity contribution in [2.75, 3.05) is 95.0 Å². The van der Waals surface area contributed by atoms with Gasteiger partial charge in [-0.3, -0.25) is 49.4 Å². The van der Waals surface area contributed by atoms with Crippen molar-refractivity contribution in [3.63, 3.8) is 0 Å². The summed E-state index contributed by atoms with van der Waals surface area (Å²) < 4.78 is 32.8. The summed E-state index contributed by atoms with van der Waals surface area (Å²) in [7, 11) is 9.51. The minimum absolute atomic E-state index is 0.0579. The number of carbonyl (C=O) groups is 4. The van der Waals surface area contributed by atoms with Crippen LogP contribution in [-0.2, 0) is 35.8 Å². The molecule has 2 atom stereocenters. The average Bonchev–Trinajstić information content (AvgIpc) is 3.45. The van der Waals surface area contributed by atoms with Crippen molar-refractivity contribution >= 4 is 47.0 Å². The summed E-state index contributed by atoms with van der Waals surface area (Å²) in [5.41, 5.74) is 23.8. The Labute approximate surface area is 458 Å². The summed E-state index contributed by atoms with van der Waals surface area (Å²) in [4.78, 5) is 81.6. The van der Waals surface area contributed by atoms with E-state index in [1.54, 1.807) is 54.8 Å². The van der Waals surface area contributed by atoms with Crippen molar-refractivity contribution in [2.24, 2.45) is 32.9 Å². The van der Waals surface area contributed by atoms with Crippen LogP contribution >= 0.6 is 0 Å². The van der Waals surface area contributed by atoms with Crippen LogP contribution in [0.4, 0.5) is 11.4 Å². The molecule has 0 aliphatic carbocycles. The molecule has 2 amide bonds. The second-order valence-corrected chi connectivity index (χ2v) is 17.5. The van der Waals surface area contributed by atoms with Crippen molar-refractivity contribution in [3.8, 4) is 34.5 Å². The van der Waals surface area contributed by atoms with Crippen molar-refractivity contribution in [1.82, 2.24) is 19.6 Å². The summed E-state index contributed by atoms with van der Waals surface area (Å²) >= 11 is 0. The molecule has 6 rings (SSSR count). The summed E-state index contributed by atoms with van der Waals surface area (Å²) in [5.74, 6) is -2.19. The van der Waals surface area contributed by atoms with Crippen LogP contribution in [0.3, 0.4) is 0 Å². The number of aliphatic hydroxyl groups is 2. The molecule has 0 spiro atoms. The molecular weight excluding hydrogens is 1060 g/mol. The van der Waals surface area contributed by atoms with Gasteiger partial charge in [0.15, 0.2) is 47.1 Å². The molecule has 0 saturated carbocycles. The largest absolute Gasteiger partial charge is 0.493 e. The number of carboxylic acids is 2. The maximum absolute atomic E-state index is 12.0. The zero-order chi connectivity index (χ0) is 59.4. The van der Waals surface area contributed by atoms with E-state index in [9.17, 15) is 39.4 Å². The molecule has 2 saturated heterocycles. The number of ether oxygens (including phenoxy) is 6. The molecule has 2 fully saturated rings. The van der Waals surface area contributed by atoms with E-state index in [1.807, 2.05) is 24.3 Å². The number of aliphatic imine (C=N–C) groups is 2. The van der Waals surface area contributed by atoms with E-state index in [0.29, 0.717) is 71.8 Å². The molecule has 30 heteroatoms. The molecule has 4 aromatic rings. The fourth-order valence-electron chi connectivity index (χ4n) is 8.38. The van der Waals surface area contributed by atoms with Gasteiger partial charge in [-0.25, -0.2) is 9.59 Å². The van der Waals surface area contributed by atoms with E-state index < -0.39 is 57.7 Å². The van der Waals surface area contributed by atoms with Gasteiger partial charge in [-0.15, -0.1) is 0 Å². The van der Waals surface area contributed by atoms with E-state index in [0.717, 1.165) is 63.5 Å². The Balaban J connectivity index is 0.000000294. The fourth-order valence-corrected chi connectivity index (χ4v) is 8.38. The molecular formula is C50H66N12O18. The van der Waals surface area contributed by atoms with E-state index in [2.05, 4.69) is 29.6 Å². The van der Waals surface area contributed by atoms with Crippen molar-refractivity contribution in [1.29, 1.82) is 0 Å². The molecule has 0 radical (unpaired) electrons. The first-order valence-electron chi connectivity index (χ1n) is 24.1. The fraction of sp³-hybridized carbons (Fsp3) is 0.400. The lowest BCUT2D eigenvalue weighted by atomic mass is 10.1. The lowest BCUT2D eigenvalue weighted by molar-refractivity contribution is -0.385. The van der Waals surface area contributed by atoms with Crippen LogP contribution in [0.2, 0.25) is 0 Å². The molecule has 80 heavy (non-hydrogen) atoms. The van der Waals surface area contributed by atoms with Gasteiger partial charge < -0.3 is 71.8 Å². The number of guanidine groups is 2. The number of carbonyl (C=O) groups excluding carboxylic acids is 2. The van der Waals surface area contributed by atoms with Crippen LogP contribution in [0.15, 0.2) is 70.6 Å². The smallest absolute Gasteiger partial charge is 0.335 e. The molecule has 4 aromatic carbocycles. The molecule has 12 N–H and O–H groups in total. The number of methoxy groups -OCH3 is 6. The van der Waals surface area contributed by atoms with E-state index in [1.165, 1.54) is 24.3 Å². The van der Waals surface area contributed by atoms with Gasteiger partial charge in [0, 0.05) is 124 Å². The van der Waals surface area contributed by atoms with E-state index in [-0.39, 0.29) is 22.5 Å². The van der Waals surface area contributed by atoms with Gasteiger partial charge in [-0.1, -0.05) is 24.3 Å². The Hall–Kier alpha value is -8.94. The highest BCUT2D eigenvalue weighted by Crippen LogP contribution is 2.41. The van der Waals surface area contributed by atoms with Gasteiger partial charge in [-0.2, -0.15) is 9.98 Å². The number of benzene rings is 4. The van der Waals surface area contributed by atoms with Crippen LogP contribution in [0.5, 0.6) is 34.5 Å². The zero-order valence-electron chi connectivity index (χ0n) is 44.8. The predicted molar refractivity (Wildman–Crippen MR) is 287 cm³/mol. The van der Waals surface area contributed by atoms with Crippen molar-refractivity contribution < 1.29 is 77.9 Å². The number of hydrogen-bond acceptors (Lipinski definition) is 20. The van der Waals surface area contributed by atoms with E-state index in [4.69, 9.17) is 71.8 Å². The van der Waals surface area contributed by atoms with Crippen LogP contribution in [0.25, 0.3) is 0 Å². The number of nitrogens with two attached hydrogens (primary N) is 4. The standard InChI is InChI=1S/2C23H30N6O6.C4H6O6/c2*1-33-19-7-6-17(20(34-2)21(19)35-3)14-28-10-8-27(9-11-28)13-16-5-4-15(12-18(16)29(31)32)22(30)26-23(24)25;5-1(3(7)8)2(6)4(9)10/h2*4-7,12H,8-11,13-14H2,1-3H3,(H4,24,25,26,30);1-2,5-6H,(H,7,8)(H,9,10). The number of nitro groups is 2. The predicted octanol–water partition coefficient (Wildman–Crippen LogP) is 0.581. The molecule has 434 valence electrons. The van der Waals surface area contributed by atoms with Crippen molar-refractivity contribution in [2.45, 2.75) is 38.4 Å². The first-order chi connectivity index (χ1) is 38.0. The summed E-state index contributed by atoms with van der Waals surface area (Å²) in [6.45, 7) is 8.09. The summed E-state index contributed by atoms with van der Waals surface area (Å²) in [6, 6.07) is 16.2. The highest BCUT2D eigenvalue weighted by atomic mass is 16.6. The molecule has 30 nitrogen and oxygen atoms in total. The molecule has 2 aliphatic rings. The lowest BCUT2D eigenvalue weighted by Crippen LogP contribution is -2.45. The first-order valence-corrected chi connectivity index (χ1v) is 24.1. The number of piperazine rings is 2. The number of rotatable bonds is 21. The Bertz CT molecular complexity index is 2710. The molecule has 2 aliphatic heterocycles.